The molecule has 0 saturated carbocycles. The minimum atomic E-state index is 0.438. The van der Waals surface area contributed by atoms with Crippen molar-refractivity contribution >= 4 is 0 Å². The first-order valence-corrected chi connectivity index (χ1v) is 7.98. The van der Waals surface area contributed by atoms with Gasteiger partial charge in [-0.15, -0.1) is 0 Å². The fourth-order valence-electron chi connectivity index (χ4n) is 2.35. The highest BCUT2D eigenvalue weighted by molar-refractivity contribution is 5.13. The van der Waals surface area contributed by atoms with E-state index in [1.807, 2.05) is 12.4 Å². The molecule has 0 aromatic carbocycles. The summed E-state index contributed by atoms with van der Waals surface area (Å²) in [5, 5.41) is 3.58. The molecule has 0 aliphatic heterocycles. The van der Waals surface area contributed by atoms with E-state index in [1.165, 1.54) is 56.9 Å². The Balaban J connectivity index is 1.93. The SMILES string of the molecule is CCCCCCCCCCN[C@H](C)c1ccncc1. The standard InChI is InChI=1S/C17H30N2/c1-3-4-5-6-7-8-9-10-13-19-16(2)17-11-14-18-15-12-17/h11-12,14-16,19H,3-10,13H2,1-2H3/t16-/m1/s1. The Morgan fingerprint density at radius 2 is 1.53 bits per heavy atom. The van der Waals surface area contributed by atoms with Crippen molar-refractivity contribution in [3.05, 3.63) is 30.1 Å². The molecule has 1 rings (SSSR count). The quantitative estimate of drug-likeness (QED) is 0.575. The molecule has 0 saturated heterocycles. The zero-order valence-electron chi connectivity index (χ0n) is 12.7. The Kier molecular flexibility index (Phi) is 9.34. The fourth-order valence-corrected chi connectivity index (χ4v) is 2.35. The number of hydrogen-bond donors (Lipinski definition) is 1. The normalized spacial score (nSPS) is 12.5. The second-order valence-electron chi connectivity index (χ2n) is 5.43. The van der Waals surface area contributed by atoms with Crippen LogP contribution in [-0.2, 0) is 0 Å². The Bertz CT molecular complexity index is 297. The largest absolute Gasteiger partial charge is 0.310 e. The van der Waals surface area contributed by atoms with E-state index in [0.29, 0.717) is 6.04 Å². The predicted molar refractivity (Wildman–Crippen MR) is 83.3 cm³/mol. The zero-order valence-corrected chi connectivity index (χ0v) is 12.7. The summed E-state index contributed by atoms with van der Waals surface area (Å²) in [4.78, 5) is 4.05. The first-order chi connectivity index (χ1) is 9.34. The van der Waals surface area contributed by atoms with E-state index in [9.17, 15) is 0 Å². The monoisotopic (exact) mass is 262 g/mol. The molecule has 1 aromatic rings. The minimum absolute atomic E-state index is 0.438. The first kappa shape index (κ1) is 16.2. The van der Waals surface area contributed by atoms with Gasteiger partial charge in [0, 0.05) is 18.4 Å². The average molecular weight is 262 g/mol. The minimum Gasteiger partial charge on any atom is -0.310 e. The molecule has 0 aliphatic rings. The van der Waals surface area contributed by atoms with Crippen LogP contribution in [0.2, 0.25) is 0 Å². The van der Waals surface area contributed by atoms with Crippen LogP contribution in [0, 0.1) is 0 Å². The van der Waals surface area contributed by atoms with Crippen molar-refractivity contribution in [2.45, 2.75) is 71.3 Å². The van der Waals surface area contributed by atoms with Crippen molar-refractivity contribution in [2.75, 3.05) is 6.54 Å². The molecule has 0 bridgehead atoms. The third-order valence-corrected chi connectivity index (χ3v) is 3.69. The van der Waals surface area contributed by atoms with Gasteiger partial charge in [0.05, 0.1) is 0 Å². The van der Waals surface area contributed by atoms with E-state index in [0.717, 1.165) is 6.54 Å². The Hall–Kier alpha value is -0.890. The molecule has 0 aliphatic carbocycles. The fraction of sp³-hybridized carbons (Fsp3) is 0.706. The van der Waals surface area contributed by atoms with Crippen molar-refractivity contribution in [1.82, 2.24) is 10.3 Å². The number of pyridine rings is 1. The van der Waals surface area contributed by atoms with Crippen LogP contribution in [0.1, 0.15) is 76.8 Å². The lowest BCUT2D eigenvalue weighted by Crippen LogP contribution is -2.19. The first-order valence-electron chi connectivity index (χ1n) is 7.98. The number of aromatic nitrogens is 1. The van der Waals surface area contributed by atoms with E-state index in [4.69, 9.17) is 0 Å². The highest BCUT2D eigenvalue weighted by Crippen LogP contribution is 2.11. The molecule has 108 valence electrons. The predicted octanol–water partition coefficient (Wildman–Crippen LogP) is 4.87. The summed E-state index contributed by atoms with van der Waals surface area (Å²) in [6.07, 6.45) is 14.8. The molecule has 1 N–H and O–H groups in total. The number of hydrogen-bond acceptors (Lipinski definition) is 2. The Morgan fingerprint density at radius 1 is 0.947 bits per heavy atom. The van der Waals surface area contributed by atoms with Crippen LogP contribution < -0.4 is 5.32 Å². The molecule has 0 unspecified atom stereocenters. The van der Waals surface area contributed by atoms with Crippen LogP contribution >= 0.6 is 0 Å². The van der Waals surface area contributed by atoms with E-state index in [1.54, 1.807) is 0 Å². The molecular weight excluding hydrogens is 232 g/mol. The molecule has 0 fully saturated rings. The lowest BCUT2D eigenvalue weighted by atomic mass is 10.1. The summed E-state index contributed by atoms with van der Waals surface area (Å²) >= 11 is 0. The molecule has 0 radical (unpaired) electrons. The summed E-state index contributed by atoms with van der Waals surface area (Å²) in [6, 6.07) is 4.61. The molecular formula is C17H30N2. The summed E-state index contributed by atoms with van der Waals surface area (Å²) in [6.45, 7) is 5.62. The van der Waals surface area contributed by atoms with E-state index in [2.05, 4.69) is 36.3 Å². The summed E-state index contributed by atoms with van der Waals surface area (Å²) in [5.74, 6) is 0. The average Bonchev–Trinajstić information content (AvgIpc) is 2.46. The van der Waals surface area contributed by atoms with Gasteiger partial charge in [-0.3, -0.25) is 4.98 Å². The van der Waals surface area contributed by atoms with Gasteiger partial charge in [-0.2, -0.15) is 0 Å². The molecule has 0 spiro atoms. The Labute approximate surface area is 119 Å². The molecule has 1 atom stereocenters. The van der Waals surface area contributed by atoms with Crippen molar-refractivity contribution in [2.24, 2.45) is 0 Å². The maximum atomic E-state index is 4.05. The number of nitrogens with zero attached hydrogens (tertiary/aromatic N) is 1. The van der Waals surface area contributed by atoms with Crippen molar-refractivity contribution < 1.29 is 0 Å². The van der Waals surface area contributed by atoms with Gasteiger partial charge in [0.25, 0.3) is 0 Å². The lowest BCUT2D eigenvalue weighted by Gasteiger charge is -2.13. The topological polar surface area (TPSA) is 24.9 Å². The summed E-state index contributed by atoms with van der Waals surface area (Å²) < 4.78 is 0. The smallest absolute Gasteiger partial charge is 0.0292 e. The number of nitrogens with one attached hydrogen (secondary N) is 1. The van der Waals surface area contributed by atoms with Crippen molar-refractivity contribution in [3.8, 4) is 0 Å². The van der Waals surface area contributed by atoms with Crippen LogP contribution in [-0.4, -0.2) is 11.5 Å². The van der Waals surface area contributed by atoms with E-state index >= 15 is 0 Å². The second-order valence-corrected chi connectivity index (χ2v) is 5.43. The highest BCUT2D eigenvalue weighted by Gasteiger charge is 2.02. The van der Waals surface area contributed by atoms with Crippen LogP contribution in [0.25, 0.3) is 0 Å². The van der Waals surface area contributed by atoms with E-state index < -0.39 is 0 Å². The van der Waals surface area contributed by atoms with Crippen molar-refractivity contribution in [3.63, 3.8) is 0 Å². The van der Waals surface area contributed by atoms with Crippen molar-refractivity contribution in [1.29, 1.82) is 0 Å². The number of rotatable bonds is 11. The van der Waals surface area contributed by atoms with Gasteiger partial charge in [-0.25, -0.2) is 0 Å². The molecule has 1 heterocycles. The molecule has 2 heteroatoms. The zero-order chi connectivity index (χ0) is 13.8. The number of unbranched alkanes of at least 4 members (excludes halogenated alkanes) is 7. The molecule has 0 amide bonds. The van der Waals surface area contributed by atoms with Crippen LogP contribution in [0.15, 0.2) is 24.5 Å². The van der Waals surface area contributed by atoms with Crippen LogP contribution in [0.3, 0.4) is 0 Å². The maximum Gasteiger partial charge on any atom is 0.0292 e. The van der Waals surface area contributed by atoms with Gasteiger partial charge in [-0.1, -0.05) is 51.9 Å². The Morgan fingerprint density at radius 3 is 2.16 bits per heavy atom. The third kappa shape index (κ3) is 7.99. The van der Waals surface area contributed by atoms with Gasteiger partial charge < -0.3 is 5.32 Å². The van der Waals surface area contributed by atoms with Gasteiger partial charge in [0.2, 0.25) is 0 Å². The lowest BCUT2D eigenvalue weighted by molar-refractivity contribution is 0.521. The molecule has 1 aromatic heterocycles. The molecule has 19 heavy (non-hydrogen) atoms. The maximum absolute atomic E-state index is 4.05. The van der Waals surface area contributed by atoms with E-state index in [-0.39, 0.29) is 0 Å². The third-order valence-electron chi connectivity index (χ3n) is 3.69. The highest BCUT2D eigenvalue weighted by atomic mass is 14.9. The summed E-state index contributed by atoms with van der Waals surface area (Å²) in [7, 11) is 0. The summed E-state index contributed by atoms with van der Waals surface area (Å²) in [5.41, 5.74) is 1.33. The van der Waals surface area contributed by atoms with Gasteiger partial charge in [0.1, 0.15) is 0 Å². The van der Waals surface area contributed by atoms with Crippen LogP contribution in [0.5, 0.6) is 0 Å². The molecule has 2 nitrogen and oxygen atoms in total. The van der Waals surface area contributed by atoms with Crippen LogP contribution in [0.4, 0.5) is 0 Å². The van der Waals surface area contributed by atoms with Gasteiger partial charge >= 0.3 is 0 Å². The van der Waals surface area contributed by atoms with Gasteiger partial charge in [-0.05, 0) is 37.6 Å². The second kappa shape index (κ2) is 11.0. The van der Waals surface area contributed by atoms with Gasteiger partial charge in [0.15, 0.2) is 0 Å².